The van der Waals surface area contributed by atoms with Gasteiger partial charge in [0.05, 0.1) is 29.8 Å². The third-order valence-corrected chi connectivity index (χ3v) is 5.83. The molecule has 0 aliphatic carbocycles. The summed E-state index contributed by atoms with van der Waals surface area (Å²) < 4.78 is 9.57. The van der Waals surface area contributed by atoms with Gasteiger partial charge in [0.15, 0.2) is 17.0 Å². The first-order valence-corrected chi connectivity index (χ1v) is 11.1. The molecule has 4 aromatic rings. The average molecular weight is 436 g/mol. The SMILES string of the molecule is CCc1nc2ccccc2n1-c1nc(N2CCOCC2)c2nc(CC(C)(C)O)n(C)c2n1. The first-order valence-electron chi connectivity index (χ1n) is 11.1. The van der Waals surface area contributed by atoms with Crippen molar-refractivity contribution in [3.05, 3.63) is 35.9 Å². The van der Waals surface area contributed by atoms with Crippen LogP contribution in [-0.2, 0) is 24.6 Å². The van der Waals surface area contributed by atoms with E-state index in [-0.39, 0.29) is 0 Å². The van der Waals surface area contributed by atoms with Crippen LogP contribution in [0.1, 0.15) is 32.4 Å². The lowest BCUT2D eigenvalue weighted by molar-refractivity contribution is 0.0782. The lowest BCUT2D eigenvalue weighted by Gasteiger charge is -2.28. The minimum Gasteiger partial charge on any atom is -0.390 e. The van der Waals surface area contributed by atoms with Crippen LogP contribution in [0.5, 0.6) is 0 Å². The zero-order chi connectivity index (χ0) is 22.5. The van der Waals surface area contributed by atoms with Crippen molar-refractivity contribution < 1.29 is 9.84 Å². The Morgan fingerprint density at radius 3 is 2.50 bits per heavy atom. The Morgan fingerprint density at radius 2 is 1.78 bits per heavy atom. The molecule has 0 radical (unpaired) electrons. The van der Waals surface area contributed by atoms with Gasteiger partial charge in [-0.15, -0.1) is 0 Å². The molecule has 1 fully saturated rings. The monoisotopic (exact) mass is 435 g/mol. The molecule has 0 unspecified atom stereocenters. The average Bonchev–Trinajstić information content (AvgIpc) is 3.30. The molecule has 1 N–H and O–H groups in total. The van der Waals surface area contributed by atoms with Crippen LogP contribution in [0.2, 0.25) is 0 Å². The van der Waals surface area contributed by atoms with Gasteiger partial charge in [0.2, 0.25) is 5.95 Å². The second kappa shape index (κ2) is 7.83. The predicted octanol–water partition coefficient (Wildman–Crippen LogP) is 2.41. The smallest absolute Gasteiger partial charge is 0.239 e. The number of benzene rings is 1. The van der Waals surface area contributed by atoms with Crippen LogP contribution in [-0.4, -0.2) is 66.1 Å². The first kappa shape index (κ1) is 20.8. The fourth-order valence-electron chi connectivity index (χ4n) is 4.26. The highest BCUT2D eigenvalue weighted by Crippen LogP contribution is 2.29. The van der Waals surface area contributed by atoms with Crippen LogP contribution in [0.25, 0.3) is 28.1 Å². The molecule has 32 heavy (non-hydrogen) atoms. The number of morpholine rings is 1. The van der Waals surface area contributed by atoms with E-state index in [2.05, 4.69) is 11.8 Å². The number of hydrogen-bond donors (Lipinski definition) is 1. The van der Waals surface area contributed by atoms with Crippen LogP contribution < -0.4 is 4.90 Å². The van der Waals surface area contributed by atoms with Gasteiger partial charge in [0.25, 0.3) is 0 Å². The lowest BCUT2D eigenvalue weighted by Crippen LogP contribution is -2.37. The Labute approximate surface area is 186 Å². The highest BCUT2D eigenvalue weighted by atomic mass is 16.5. The molecule has 1 saturated heterocycles. The van der Waals surface area contributed by atoms with Crippen LogP contribution in [0, 0.1) is 0 Å². The first-order chi connectivity index (χ1) is 15.4. The second-order valence-electron chi connectivity index (χ2n) is 8.90. The summed E-state index contributed by atoms with van der Waals surface area (Å²) in [4.78, 5) is 21.9. The Balaban J connectivity index is 1.77. The van der Waals surface area contributed by atoms with E-state index >= 15 is 0 Å². The molecule has 1 aliphatic heterocycles. The highest BCUT2D eigenvalue weighted by Gasteiger charge is 2.26. The number of nitrogens with zero attached hydrogens (tertiary/aromatic N) is 7. The summed E-state index contributed by atoms with van der Waals surface area (Å²) >= 11 is 0. The molecule has 0 saturated carbocycles. The summed E-state index contributed by atoms with van der Waals surface area (Å²) in [5.74, 6) is 3.07. The topological polar surface area (TPSA) is 94.1 Å². The normalized spacial score (nSPS) is 15.2. The molecule has 1 aromatic carbocycles. The number of ether oxygens (including phenoxy) is 1. The van der Waals surface area contributed by atoms with Gasteiger partial charge in [0.1, 0.15) is 11.6 Å². The van der Waals surface area contributed by atoms with Crippen LogP contribution in [0.15, 0.2) is 24.3 Å². The Morgan fingerprint density at radius 1 is 1.03 bits per heavy atom. The van der Waals surface area contributed by atoms with E-state index in [0.717, 1.165) is 59.2 Å². The molecule has 3 aromatic heterocycles. The number of hydrogen-bond acceptors (Lipinski definition) is 7. The van der Waals surface area contributed by atoms with Crippen molar-refractivity contribution in [2.75, 3.05) is 31.2 Å². The molecule has 9 heteroatoms. The van der Waals surface area contributed by atoms with E-state index in [1.165, 1.54) is 0 Å². The number of fused-ring (bicyclic) bond motifs is 2. The number of rotatable bonds is 5. The summed E-state index contributed by atoms with van der Waals surface area (Å²) in [6, 6.07) is 8.06. The number of aryl methyl sites for hydroxylation is 2. The maximum absolute atomic E-state index is 10.4. The molecule has 0 spiro atoms. The molecule has 4 heterocycles. The van der Waals surface area contributed by atoms with E-state index in [9.17, 15) is 5.11 Å². The molecule has 0 amide bonds. The standard InChI is InChI=1S/C23H29N7O2/c1-5-17-24-15-8-6-7-9-16(15)30(17)22-26-20-19(21(27-22)29-10-12-32-13-11-29)25-18(28(20)4)14-23(2,3)31/h6-9,31H,5,10-14H2,1-4H3. The third-order valence-electron chi connectivity index (χ3n) is 5.83. The number of anilines is 1. The van der Waals surface area contributed by atoms with Crippen molar-refractivity contribution in [1.29, 1.82) is 0 Å². The summed E-state index contributed by atoms with van der Waals surface area (Å²) in [6.45, 7) is 8.46. The quantitative estimate of drug-likeness (QED) is 0.514. The van der Waals surface area contributed by atoms with Gasteiger partial charge >= 0.3 is 0 Å². The zero-order valence-corrected chi connectivity index (χ0v) is 19.0. The maximum Gasteiger partial charge on any atom is 0.239 e. The molecule has 1 aliphatic rings. The number of imidazole rings is 2. The van der Waals surface area contributed by atoms with Gasteiger partial charge < -0.3 is 19.3 Å². The van der Waals surface area contributed by atoms with Crippen molar-refractivity contribution in [3.63, 3.8) is 0 Å². The lowest BCUT2D eigenvalue weighted by atomic mass is 10.1. The Kier molecular flexibility index (Phi) is 5.10. The van der Waals surface area contributed by atoms with Gasteiger partial charge in [-0.1, -0.05) is 19.1 Å². The molecule has 0 bridgehead atoms. The zero-order valence-electron chi connectivity index (χ0n) is 19.0. The van der Waals surface area contributed by atoms with Crippen LogP contribution in [0.3, 0.4) is 0 Å². The van der Waals surface area contributed by atoms with Crippen molar-refractivity contribution in [3.8, 4) is 5.95 Å². The number of aromatic nitrogens is 6. The third kappa shape index (κ3) is 3.61. The van der Waals surface area contributed by atoms with Gasteiger partial charge in [-0.3, -0.25) is 4.57 Å². The summed E-state index contributed by atoms with van der Waals surface area (Å²) in [7, 11) is 1.95. The maximum atomic E-state index is 10.4. The van der Waals surface area contributed by atoms with Gasteiger partial charge in [-0.25, -0.2) is 9.97 Å². The molecule has 9 nitrogen and oxygen atoms in total. The molecule has 168 valence electrons. The van der Waals surface area contributed by atoms with Crippen molar-refractivity contribution in [1.82, 2.24) is 29.1 Å². The summed E-state index contributed by atoms with van der Waals surface area (Å²) in [5, 5.41) is 10.4. The van der Waals surface area contributed by atoms with Gasteiger partial charge in [0, 0.05) is 33.0 Å². The fourth-order valence-corrected chi connectivity index (χ4v) is 4.26. The van der Waals surface area contributed by atoms with Gasteiger partial charge in [-0.2, -0.15) is 9.97 Å². The molecule has 5 rings (SSSR count). The number of para-hydroxylation sites is 2. The fraction of sp³-hybridized carbons (Fsp3) is 0.478. The van der Waals surface area contributed by atoms with E-state index < -0.39 is 5.60 Å². The van der Waals surface area contributed by atoms with Crippen molar-refractivity contribution in [2.24, 2.45) is 7.05 Å². The van der Waals surface area contributed by atoms with E-state index in [4.69, 9.17) is 24.7 Å². The Bertz CT molecular complexity index is 1280. The molecule has 0 atom stereocenters. The van der Waals surface area contributed by atoms with E-state index in [1.807, 2.05) is 40.4 Å². The van der Waals surface area contributed by atoms with Crippen molar-refractivity contribution in [2.45, 2.75) is 39.2 Å². The minimum absolute atomic E-state index is 0.423. The predicted molar refractivity (Wildman–Crippen MR) is 123 cm³/mol. The van der Waals surface area contributed by atoms with E-state index in [1.54, 1.807) is 13.8 Å². The minimum atomic E-state index is -0.875. The van der Waals surface area contributed by atoms with Crippen LogP contribution >= 0.6 is 0 Å². The molecular formula is C23H29N7O2. The van der Waals surface area contributed by atoms with Gasteiger partial charge in [-0.05, 0) is 26.0 Å². The second-order valence-corrected chi connectivity index (χ2v) is 8.90. The number of aliphatic hydroxyl groups is 1. The van der Waals surface area contributed by atoms with Crippen molar-refractivity contribution >= 4 is 28.0 Å². The van der Waals surface area contributed by atoms with Crippen LogP contribution in [0.4, 0.5) is 5.82 Å². The summed E-state index contributed by atoms with van der Waals surface area (Å²) in [5.41, 5.74) is 2.53. The largest absolute Gasteiger partial charge is 0.390 e. The Hall–Kier alpha value is -3.04. The summed E-state index contributed by atoms with van der Waals surface area (Å²) in [6.07, 6.45) is 1.18. The molecular weight excluding hydrogens is 406 g/mol. The highest BCUT2D eigenvalue weighted by molar-refractivity contribution is 5.86. The van der Waals surface area contributed by atoms with E-state index in [0.29, 0.717) is 25.6 Å².